The topological polar surface area (TPSA) is 63.6 Å². The van der Waals surface area contributed by atoms with Gasteiger partial charge in [0.1, 0.15) is 6.54 Å². The van der Waals surface area contributed by atoms with Gasteiger partial charge in [-0.15, -0.1) is 0 Å². The summed E-state index contributed by atoms with van der Waals surface area (Å²) in [5.74, 6) is -0.187. The number of fused-ring (bicyclic) bond motifs is 1. The molecule has 1 amide bonds. The molecule has 7 heteroatoms. The van der Waals surface area contributed by atoms with Crippen molar-refractivity contribution in [2.75, 3.05) is 36.5 Å². The van der Waals surface area contributed by atoms with E-state index in [4.69, 9.17) is 16.3 Å². The molecule has 1 saturated heterocycles. The van der Waals surface area contributed by atoms with Gasteiger partial charge in [0.25, 0.3) is 0 Å². The van der Waals surface area contributed by atoms with Gasteiger partial charge in [-0.2, -0.15) is 0 Å². The van der Waals surface area contributed by atoms with Crippen molar-refractivity contribution in [2.24, 2.45) is 0 Å². The molecule has 3 aromatic rings. The minimum absolute atomic E-state index is 0.108. The smallest absolute Gasteiger partial charge is 0.244 e. The van der Waals surface area contributed by atoms with Gasteiger partial charge < -0.3 is 19.5 Å². The first-order valence-electron chi connectivity index (χ1n) is 9.11. The van der Waals surface area contributed by atoms with Gasteiger partial charge in [0.05, 0.1) is 23.9 Å². The number of anilines is 2. The van der Waals surface area contributed by atoms with Crippen molar-refractivity contribution >= 4 is 46.1 Å². The number of halogens is 1. The fraction of sp³-hybridized carbons (Fsp3) is 0.238. The van der Waals surface area contributed by atoms with Gasteiger partial charge in [-0.05, 0) is 24.3 Å². The van der Waals surface area contributed by atoms with Crippen LogP contribution in [-0.2, 0) is 16.1 Å². The van der Waals surface area contributed by atoms with E-state index in [0.29, 0.717) is 29.5 Å². The Bertz CT molecular complexity index is 1020. The lowest BCUT2D eigenvalue weighted by molar-refractivity contribution is -0.116. The van der Waals surface area contributed by atoms with Crippen LogP contribution < -0.4 is 10.2 Å². The summed E-state index contributed by atoms with van der Waals surface area (Å²) in [5, 5.41) is 4.31. The molecular weight excluding hydrogens is 378 g/mol. The number of aldehydes is 1. The van der Waals surface area contributed by atoms with Crippen LogP contribution in [0.1, 0.15) is 10.4 Å². The second-order valence-corrected chi connectivity index (χ2v) is 7.07. The standard InChI is InChI=1S/C21H20ClN3O3/c22-18-11-16(5-6-20(18)24-7-9-28-10-8-24)23-21(27)13-25-12-15(14-26)17-3-1-2-4-19(17)25/h1-6,11-12,14H,7-10,13H2,(H,23,27). The number of rotatable bonds is 5. The van der Waals surface area contributed by atoms with Gasteiger partial charge in [0.2, 0.25) is 5.91 Å². The Morgan fingerprint density at radius 2 is 1.96 bits per heavy atom. The second-order valence-electron chi connectivity index (χ2n) is 6.66. The lowest BCUT2D eigenvalue weighted by atomic mass is 10.2. The number of benzene rings is 2. The molecule has 1 aromatic heterocycles. The third-order valence-corrected chi connectivity index (χ3v) is 5.15. The monoisotopic (exact) mass is 397 g/mol. The van der Waals surface area contributed by atoms with Crippen LogP contribution in [0.15, 0.2) is 48.7 Å². The highest BCUT2D eigenvalue weighted by Gasteiger charge is 2.15. The van der Waals surface area contributed by atoms with Crippen LogP contribution in [0, 0.1) is 0 Å². The molecule has 0 unspecified atom stereocenters. The first-order chi connectivity index (χ1) is 13.7. The number of nitrogens with zero attached hydrogens (tertiary/aromatic N) is 2. The molecule has 1 N–H and O–H groups in total. The van der Waals surface area contributed by atoms with Gasteiger partial charge in [0, 0.05) is 41.4 Å². The summed E-state index contributed by atoms with van der Waals surface area (Å²) in [4.78, 5) is 26.0. The van der Waals surface area contributed by atoms with E-state index in [1.165, 1.54) is 0 Å². The Morgan fingerprint density at radius 1 is 1.18 bits per heavy atom. The number of carbonyl (C=O) groups is 2. The van der Waals surface area contributed by atoms with E-state index in [9.17, 15) is 9.59 Å². The molecule has 4 rings (SSSR count). The summed E-state index contributed by atoms with van der Waals surface area (Å²) in [6.07, 6.45) is 2.51. The lowest BCUT2D eigenvalue weighted by Crippen LogP contribution is -2.36. The first-order valence-corrected chi connectivity index (χ1v) is 9.48. The first kappa shape index (κ1) is 18.5. The molecule has 28 heavy (non-hydrogen) atoms. The van der Waals surface area contributed by atoms with Crippen molar-refractivity contribution in [1.82, 2.24) is 4.57 Å². The molecule has 1 aliphatic rings. The fourth-order valence-corrected chi connectivity index (χ4v) is 3.80. The Labute approximate surface area is 167 Å². The number of hydrogen-bond acceptors (Lipinski definition) is 4. The van der Waals surface area contributed by atoms with Crippen molar-refractivity contribution in [3.05, 3.63) is 59.2 Å². The summed E-state index contributed by atoms with van der Waals surface area (Å²) < 4.78 is 7.14. The van der Waals surface area contributed by atoms with Crippen molar-refractivity contribution in [3.63, 3.8) is 0 Å². The van der Waals surface area contributed by atoms with E-state index in [-0.39, 0.29) is 12.5 Å². The van der Waals surface area contributed by atoms with E-state index >= 15 is 0 Å². The molecule has 2 aromatic carbocycles. The van der Waals surface area contributed by atoms with Crippen molar-refractivity contribution in [1.29, 1.82) is 0 Å². The third kappa shape index (κ3) is 3.74. The Balaban J connectivity index is 1.48. The summed E-state index contributed by atoms with van der Waals surface area (Å²) in [7, 11) is 0. The molecule has 2 heterocycles. The normalized spacial score (nSPS) is 14.2. The number of hydrogen-bond donors (Lipinski definition) is 1. The van der Waals surface area contributed by atoms with Crippen LogP contribution in [0.25, 0.3) is 10.9 Å². The van der Waals surface area contributed by atoms with E-state index in [0.717, 1.165) is 36.0 Å². The highest BCUT2D eigenvalue weighted by atomic mass is 35.5. The van der Waals surface area contributed by atoms with Crippen LogP contribution in [0.5, 0.6) is 0 Å². The highest BCUT2D eigenvalue weighted by molar-refractivity contribution is 6.33. The number of morpholine rings is 1. The maximum absolute atomic E-state index is 12.5. The Kier molecular flexibility index (Phi) is 5.32. The molecule has 0 radical (unpaired) electrons. The zero-order valence-electron chi connectivity index (χ0n) is 15.2. The van der Waals surface area contributed by atoms with Crippen molar-refractivity contribution < 1.29 is 14.3 Å². The fourth-order valence-electron chi connectivity index (χ4n) is 3.50. The summed E-state index contributed by atoms with van der Waals surface area (Å²) in [6, 6.07) is 13.0. The quantitative estimate of drug-likeness (QED) is 0.668. The van der Waals surface area contributed by atoms with Gasteiger partial charge in [0.15, 0.2) is 6.29 Å². The molecule has 0 saturated carbocycles. The van der Waals surface area contributed by atoms with Crippen LogP contribution in [0.3, 0.4) is 0 Å². The predicted octanol–water partition coefficient (Wildman–Crippen LogP) is 3.58. The number of ether oxygens (including phenoxy) is 1. The average molecular weight is 398 g/mol. The molecule has 0 aliphatic carbocycles. The number of aromatic nitrogens is 1. The lowest BCUT2D eigenvalue weighted by Gasteiger charge is -2.29. The summed E-state index contributed by atoms with van der Waals surface area (Å²) in [5.41, 5.74) is 3.00. The minimum atomic E-state index is -0.187. The van der Waals surface area contributed by atoms with Crippen LogP contribution in [0.2, 0.25) is 5.02 Å². The zero-order chi connectivity index (χ0) is 19.5. The van der Waals surface area contributed by atoms with Crippen LogP contribution in [-0.4, -0.2) is 43.1 Å². The van der Waals surface area contributed by atoms with E-state index in [1.54, 1.807) is 16.8 Å². The van der Waals surface area contributed by atoms with Crippen LogP contribution >= 0.6 is 11.6 Å². The Morgan fingerprint density at radius 3 is 2.71 bits per heavy atom. The molecular formula is C21H20ClN3O3. The molecule has 1 fully saturated rings. The second kappa shape index (κ2) is 8.04. The van der Waals surface area contributed by atoms with Crippen molar-refractivity contribution in [2.45, 2.75) is 6.54 Å². The maximum Gasteiger partial charge on any atom is 0.244 e. The highest BCUT2D eigenvalue weighted by Crippen LogP contribution is 2.29. The summed E-state index contributed by atoms with van der Waals surface area (Å²) in [6.45, 7) is 3.07. The van der Waals surface area contributed by atoms with Gasteiger partial charge in [-0.25, -0.2) is 0 Å². The van der Waals surface area contributed by atoms with Crippen LogP contribution in [0.4, 0.5) is 11.4 Å². The SMILES string of the molecule is O=Cc1cn(CC(=O)Nc2ccc(N3CCOCC3)c(Cl)c2)c2ccccc12. The molecule has 144 valence electrons. The number of nitrogens with one attached hydrogen (secondary N) is 1. The average Bonchev–Trinajstić information content (AvgIpc) is 3.06. The predicted molar refractivity (Wildman–Crippen MR) is 110 cm³/mol. The molecule has 0 atom stereocenters. The number of para-hydroxylation sites is 1. The number of carbonyl (C=O) groups excluding carboxylic acids is 2. The van der Waals surface area contributed by atoms with E-state index in [2.05, 4.69) is 10.2 Å². The Hall–Kier alpha value is -2.83. The summed E-state index contributed by atoms with van der Waals surface area (Å²) >= 11 is 6.43. The largest absolute Gasteiger partial charge is 0.378 e. The minimum Gasteiger partial charge on any atom is -0.378 e. The van der Waals surface area contributed by atoms with Crippen molar-refractivity contribution in [3.8, 4) is 0 Å². The molecule has 1 aliphatic heterocycles. The third-order valence-electron chi connectivity index (χ3n) is 4.84. The number of amides is 1. The zero-order valence-corrected chi connectivity index (χ0v) is 16.0. The van der Waals surface area contributed by atoms with E-state index in [1.807, 2.05) is 36.4 Å². The van der Waals surface area contributed by atoms with Gasteiger partial charge in [-0.1, -0.05) is 29.8 Å². The van der Waals surface area contributed by atoms with Gasteiger partial charge in [-0.3, -0.25) is 9.59 Å². The molecule has 0 bridgehead atoms. The van der Waals surface area contributed by atoms with Gasteiger partial charge >= 0.3 is 0 Å². The van der Waals surface area contributed by atoms with E-state index < -0.39 is 0 Å². The maximum atomic E-state index is 12.5. The molecule has 6 nitrogen and oxygen atoms in total. The molecule has 0 spiro atoms.